The summed E-state index contributed by atoms with van der Waals surface area (Å²) in [7, 11) is 0. The molecule has 146 valence electrons. The van der Waals surface area contributed by atoms with Gasteiger partial charge in [0.05, 0.1) is 5.41 Å². The Kier molecular flexibility index (Phi) is 5.57. The van der Waals surface area contributed by atoms with Gasteiger partial charge < -0.3 is 4.74 Å². The summed E-state index contributed by atoms with van der Waals surface area (Å²) in [6.07, 6.45) is 5.96. The predicted molar refractivity (Wildman–Crippen MR) is 113 cm³/mol. The summed E-state index contributed by atoms with van der Waals surface area (Å²) in [6, 6.07) is 23.1. The molecule has 3 heteroatoms. The summed E-state index contributed by atoms with van der Waals surface area (Å²) >= 11 is 0. The lowest BCUT2D eigenvalue weighted by Crippen LogP contribution is -2.37. The number of benzene rings is 3. The minimum absolute atomic E-state index is 0.283. The Labute approximate surface area is 171 Å². The topological polar surface area (TPSA) is 26.3 Å². The molecule has 1 unspecified atom stereocenters. The number of terminal acetylenes is 1. The third-order valence-electron chi connectivity index (χ3n) is 4.71. The SMILES string of the molecule is C#CC(OC(=O)C(C)(C)C)(c1ccccc1)c1ccc(-c2ccc(F)cc2)cc1. The normalized spacial score (nSPS) is 13.2. The maximum atomic E-state index is 13.2. The van der Waals surface area contributed by atoms with Gasteiger partial charge in [0, 0.05) is 11.1 Å². The van der Waals surface area contributed by atoms with E-state index >= 15 is 0 Å². The van der Waals surface area contributed by atoms with Crippen LogP contribution < -0.4 is 0 Å². The van der Waals surface area contributed by atoms with Crippen LogP contribution in [-0.4, -0.2) is 5.97 Å². The summed E-state index contributed by atoms with van der Waals surface area (Å²) in [5.74, 6) is 2.06. The summed E-state index contributed by atoms with van der Waals surface area (Å²) in [5.41, 5.74) is 1.13. The van der Waals surface area contributed by atoms with E-state index in [4.69, 9.17) is 11.2 Å². The van der Waals surface area contributed by atoms with E-state index in [1.165, 1.54) is 12.1 Å². The Bertz CT molecular complexity index is 1020. The number of rotatable bonds is 4. The number of esters is 1. The first-order valence-electron chi connectivity index (χ1n) is 9.39. The van der Waals surface area contributed by atoms with E-state index in [0.717, 1.165) is 11.1 Å². The molecule has 0 bridgehead atoms. The molecule has 3 aromatic carbocycles. The lowest BCUT2D eigenvalue weighted by Gasteiger charge is -2.32. The van der Waals surface area contributed by atoms with E-state index in [1.807, 2.05) is 54.6 Å². The Morgan fingerprint density at radius 2 is 1.31 bits per heavy atom. The molecule has 29 heavy (non-hydrogen) atoms. The van der Waals surface area contributed by atoms with E-state index in [2.05, 4.69) is 5.92 Å². The average molecular weight is 386 g/mol. The molecule has 0 saturated carbocycles. The molecule has 0 aliphatic rings. The van der Waals surface area contributed by atoms with Crippen LogP contribution >= 0.6 is 0 Å². The van der Waals surface area contributed by atoms with E-state index in [9.17, 15) is 9.18 Å². The second kappa shape index (κ2) is 7.93. The van der Waals surface area contributed by atoms with Gasteiger partial charge in [0.15, 0.2) is 0 Å². The van der Waals surface area contributed by atoms with Crippen molar-refractivity contribution in [2.24, 2.45) is 5.41 Å². The van der Waals surface area contributed by atoms with Crippen LogP contribution in [0.4, 0.5) is 4.39 Å². The van der Waals surface area contributed by atoms with Gasteiger partial charge in [-0.3, -0.25) is 4.79 Å². The zero-order chi connectivity index (χ0) is 21.1. The maximum absolute atomic E-state index is 13.2. The van der Waals surface area contributed by atoms with Gasteiger partial charge in [-0.05, 0) is 50.0 Å². The van der Waals surface area contributed by atoms with Crippen LogP contribution in [0.5, 0.6) is 0 Å². The first-order chi connectivity index (χ1) is 13.8. The number of halogens is 1. The first kappa shape index (κ1) is 20.4. The van der Waals surface area contributed by atoms with Crippen LogP contribution in [0.1, 0.15) is 31.9 Å². The smallest absolute Gasteiger partial charge is 0.313 e. The van der Waals surface area contributed by atoms with Crippen molar-refractivity contribution < 1.29 is 13.9 Å². The average Bonchev–Trinajstić information content (AvgIpc) is 2.72. The zero-order valence-corrected chi connectivity index (χ0v) is 16.8. The number of carbonyl (C=O) groups is 1. The van der Waals surface area contributed by atoms with Crippen molar-refractivity contribution in [2.75, 3.05) is 0 Å². The fourth-order valence-electron chi connectivity index (χ4n) is 2.99. The van der Waals surface area contributed by atoms with Crippen molar-refractivity contribution in [3.05, 3.63) is 95.8 Å². The number of ether oxygens (including phenoxy) is 1. The molecule has 0 aliphatic carbocycles. The quantitative estimate of drug-likeness (QED) is 0.409. The fraction of sp³-hybridized carbons (Fsp3) is 0.192. The maximum Gasteiger partial charge on any atom is 0.313 e. The molecule has 0 aromatic heterocycles. The van der Waals surface area contributed by atoms with E-state index in [0.29, 0.717) is 11.1 Å². The van der Waals surface area contributed by atoms with Gasteiger partial charge in [0.1, 0.15) is 5.82 Å². The van der Waals surface area contributed by atoms with Crippen molar-refractivity contribution >= 4 is 5.97 Å². The van der Waals surface area contributed by atoms with Crippen LogP contribution in [-0.2, 0) is 15.1 Å². The Balaban J connectivity index is 2.08. The van der Waals surface area contributed by atoms with Gasteiger partial charge in [-0.15, -0.1) is 6.42 Å². The highest BCUT2D eigenvalue weighted by Crippen LogP contribution is 2.36. The van der Waals surface area contributed by atoms with Crippen molar-refractivity contribution in [3.63, 3.8) is 0 Å². The molecule has 0 radical (unpaired) electrons. The van der Waals surface area contributed by atoms with E-state index in [1.54, 1.807) is 32.9 Å². The number of hydrogen-bond donors (Lipinski definition) is 0. The summed E-state index contributed by atoms with van der Waals surface area (Å²) in [4.78, 5) is 12.8. The van der Waals surface area contributed by atoms with Gasteiger partial charge in [0.2, 0.25) is 5.60 Å². The standard InChI is InChI=1S/C26H23FO2/c1-5-26(21-9-7-6-8-10-21,29-24(28)25(2,3)4)22-15-11-19(12-16-22)20-13-17-23(27)18-14-20/h1,6-18H,2-4H3. The Morgan fingerprint density at radius 3 is 1.79 bits per heavy atom. The summed E-state index contributed by atoms with van der Waals surface area (Å²) in [6.45, 7) is 5.37. The largest absolute Gasteiger partial charge is 0.437 e. The third-order valence-corrected chi connectivity index (χ3v) is 4.71. The van der Waals surface area contributed by atoms with Gasteiger partial charge in [0.25, 0.3) is 0 Å². The molecule has 3 rings (SSSR count). The highest BCUT2D eigenvalue weighted by molar-refractivity contribution is 5.77. The number of carbonyl (C=O) groups excluding carboxylic acids is 1. The fourth-order valence-corrected chi connectivity index (χ4v) is 2.99. The predicted octanol–water partition coefficient (Wildman–Crippen LogP) is 5.96. The Morgan fingerprint density at radius 1 is 0.828 bits per heavy atom. The van der Waals surface area contributed by atoms with Gasteiger partial charge in [-0.2, -0.15) is 0 Å². The second-order valence-electron chi connectivity index (χ2n) is 7.92. The van der Waals surface area contributed by atoms with Crippen LogP contribution in [0.25, 0.3) is 11.1 Å². The molecule has 2 nitrogen and oxygen atoms in total. The van der Waals surface area contributed by atoms with Gasteiger partial charge in [-0.25, -0.2) is 4.39 Å². The molecular formula is C26H23FO2. The zero-order valence-electron chi connectivity index (χ0n) is 16.8. The monoisotopic (exact) mass is 386 g/mol. The van der Waals surface area contributed by atoms with Crippen molar-refractivity contribution in [2.45, 2.75) is 26.4 Å². The summed E-state index contributed by atoms with van der Waals surface area (Å²) < 4.78 is 19.2. The highest BCUT2D eigenvalue weighted by atomic mass is 19.1. The molecule has 0 saturated heterocycles. The van der Waals surface area contributed by atoms with E-state index < -0.39 is 11.0 Å². The molecule has 3 aromatic rings. The van der Waals surface area contributed by atoms with Crippen molar-refractivity contribution in [1.82, 2.24) is 0 Å². The third kappa shape index (κ3) is 4.22. The second-order valence-corrected chi connectivity index (χ2v) is 7.92. The van der Waals surface area contributed by atoms with Crippen molar-refractivity contribution in [3.8, 4) is 23.5 Å². The lowest BCUT2D eigenvalue weighted by atomic mass is 9.85. The Hall–Kier alpha value is -3.38. The minimum atomic E-state index is -1.34. The lowest BCUT2D eigenvalue weighted by molar-refractivity contribution is -0.161. The van der Waals surface area contributed by atoms with Crippen molar-refractivity contribution in [1.29, 1.82) is 0 Å². The molecule has 0 spiro atoms. The molecular weight excluding hydrogens is 363 g/mol. The van der Waals surface area contributed by atoms with Crippen LogP contribution in [0, 0.1) is 23.6 Å². The van der Waals surface area contributed by atoms with Gasteiger partial charge in [-0.1, -0.05) is 66.7 Å². The molecule has 0 amide bonds. The summed E-state index contributed by atoms with van der Waals surface area (Å²) in [5, 5.41) is 0. The molecule has 0 heterocycles. The highest BCUT2D eigenvalue weighted by Gasteiger charge is 2.39. The van der Waals surface area contributed by atoms with Crippen LogP contribution in [0.2, 0.25) is 0 Å². The molecule has 0 fully saturated rings. The molecule has 0 N–H and O–H groups in total. The number of hydrogen-bond acceptors (Lipinski definition) is 2. The first-order valence-corrected chi connectivity index (χ1v) is 9.39. The molecule has 1 atom stereocenters. The van der Waals surface area contributed by atoms with Gasteiger partial charge >= 0.3 is 5.97 Å². The van der Waals surface area contributed by atoms with E-state index in [-0.39, 0.29) is 11.8 Å². The van der Waals surface area contributed by atoms with Crippen LogP contribution in [0.3, 0.4) is 0 Å². The molecule has 0 aliphatic heterocycles. The van der Waals surface area contributed by atoms with Crippen LogP contribution in [0.15, 0.2) is 78.9 Å². The minimum Gasteiger partial charge on any atom is -0.437 e.